The maximum atomic E-state index is 12.3. The maximum absolute atomic E-state index is 12.3. The average molecular weight is 1040 g/mol. The number of guanidine groups is 3. The first-order valence-electron chi connectivity index (χ1n) is 24.3. The summed E-state index contributed by atoms with van der Waals surface area (Å²) in [7, 11) is 13.3. The van der Waals surface area contributed by atoms with Crippen molar-refractivity contribution in [2.24, 2.45) is 37.9 Å². The van der Waals surface area contributed by atoms with Crippen LogP contribution in [0.4, 0.5) is 0 Å². The molecule has 6 aromatic rings. The number of methoxy groups -OCH3 is 3. The van der Waals surface area contributed by atoms with Crippen LogP contribution in [0.15, 0.2) is 69.6 Å². The number of hydrogen-bond acceptors (Lipinski definition) is 15. The van der Waals surface area contributed by atoms with Gasteiger partial charge >= 0.3 is 0 Å². The van der Waals surface area contributed by atoms with Crippen LogP contribution in [-0.4, -0.2) is 169 Å². The minimum Gasteiger partial charge on any atom is -0.496 e. The Balaban J connectivity index is 0.000000244. The molecule has 75 heavy (non-hydrogen) atoms. The Morgan fingerprint density at radius 1 is 0.520 bits per heavy atom. The standard InChI is InChI=1S/C19H29N5O3.C17H25N5O3.C15H21N5O3/c1-5-24(6-2)10-7-11-27-16-9-8-15(26-4)13-12-14(22-17(13)16)18(25)23-19(20)21-3;1-19-17(18)21-16(23)12-10-11-13(24-4)6-7-14(15(11)20-12)25-9-5-8-22(2)3;1-18-15(17)20-14(21)10-8-9-11(22-2)4-5-12(13(9)19-10)23-7-3-6-16/h8-9,12,22H,5-7,10-11H2,1-4H3,(H3,20,21,23,25);6-7,10,20H,5,8-9H2,1-4H3,(H3,18,19,21,23);4-5,8,19H,3,6-7,16H2,1-2H3,(H3,17,18,20,21). The molecule has 0 saturated heterocycles. The summed E-state index contributed by atoms with van der Waals surface area (Å²) >= 11 is 0. The van der Waals surface area contributed by atoms with Crippen molar-refractivity contribution < 1.29 is 42.8 Å². The molecule has 3 aromatic heterocycles. The predicted molar refractivity (Wildman–Crippen MR) is 295 cm³/mol. The largest absolute Gasteiger partial charge is 0.496 e. The van der Waals surface area contributed by atoms with Gasteiger partial charge in [-0.05, 0) is 108 Å². The fourth-order valence-electron chi connectivity index (χ4n) is 7.32. The first kappa shape index (κ1) is 59.3. The van der Waals surface area contributed by atoms with E-state index in [4.69, 9.17) is 51.4 Å². The Labute approximate surface area is 436 Å². The van der Waals surface area contributed by atoms with Crippen LogP contribution in [0, 0.1) is 0 Å². The number of carbonyl (C=O) groups excluding carboxylic acids is 3. The molecule has 14 N–H and O–H groups in total. The topological polar surface area (TPSA) is 338 Å². The second-order valence-corrected chi connectivity index (χ2v) is 16.6. The van der Waals surface area contributed by atoms with Crippen LogP contribution in [0.2, 0.25) is 0 Å². The van der Waals surface area contributed by atoms with Crippen molar-refractivity contribution in [3.05, 3.63) is 71.7 Å². The van der Waals surface area contributed by atoms with Gasteiger partial charge in [0.15, 0.2) is 17.9 Å². The molecule has 408 valence electrons. The second kappa shape index (κ2) is 30.1. The lowest BCUT2D eigenvalue weighted by Gasteiger charge is -2.17. The predicted octanol–water partition coefficient (Wildman–Crippen LogP) is 3.72. The van der Waals surface area contributed by atoms with Gasteiger partial charge in [0.05, 0.1) is 57.7 Å². The Morgan fingerprint density at radius 3 is 1.11 bits per heavy atom. The van der Waals surface area contributed by atoms with Crippen molar-refractivity contribution >= 4 is 68.3 Å². The number of benzene rings is 3. The molecule has 6 rings (SSSR count). The molecule has 0 bridgehead atoms. The van der Waals surface area contributed by atoms with Gasteiger partial charge in [-0.2, -0.15) is 0 Å². The quantitative estimate of drug-likeness (QED) is 0.0263. The number of amides is 3. The number of H-pyrrole nitrogens is 3. The van der Waals surface area contributed by atoms with Crippen LogP contribution >= 0.6 is 0 Å². The van der Waals surface area contributed by atoms with Crippen LogP contribution in [0.3, 0.4) is 0 Å². The smallest absolute Gasteiger partial charge is 0.274 e. The zero-order valence-electron chi connectivity index (χ0n) is 44.7. The van der Waals surface area contributed by atoms with Crippen molar-refractivity contribution in [2.75, 3.05) is 109 Å². The molecule has 3 aromatic carbocycles. The minimum absolute atomic E-state index is 0.0417. The van der Waals surface area contributed by atoms with Crippen molar-refractivity contribution in [3.8, 4) is 34.5 Å². The fourth-order valence-corrected chi connectivity index (χ4v) is 7.32. The van der Waals surface area contributed by atoms with Crippen LogP contribution in [0.1, 0.15) is 64.6 Å². The minimum atomic E-state index is -0.390. The lowest BCUT2D eigenvalue weighted by Crippen LogP contribution is -2.36. The van der Waals surface area contributed by atoms with Gasteiger partial charge in [0.25, 0.3) is 17.7 Å². The SMILES string of the molecule is CCN(CC)CCCOc1ccc(OC)c2cc(C(=O)NC(N)=NC)[nH]c12.CN=C(N)NC(=O)c1cc2c(OC)ccc(OCCCN(C)C)c2[nH]1.CN=C(N)NC(=O)c1cc2c(OC)ccc(OCCCN)c2[nH]1. The van der Waals surface area contributed by atoms with Gasteiger partial charge in [0.1, 0.15) is 51.6 Å². The highest BCUT2D eigenvalue weighted by Crippen LogP contribution is 2.36. The maximum Gasteiger partial charge on any atom is 0.274 e. The molecule has 0 aliphatic heterocycles. The number of fused-ring (bicyclic) bond motifs is 3. The van der Waals surface area contributed by atoms with Gasteiger partial charge < -0.3 is 76.1 Å². The van der Waals surface area contributed by atoms with Gasteiger partial charge in [-0.15, -0.1) is 0 Å². The third-order valence-electron chi connectivity index (χ3n) is 11.4. The van der Waals surface area contributed by atoms with Crippen LogP contribution < -0.4 is 67.3 Å². The highest BCUT2D eigenvalue weighted by Gasteiger charge is 2.19. The van der Waals surface area contributed by atoms with Crippen LogP contribution in [0.5, 0.6) is 34.5 Å². The Kier molecular flexibility index (Phi) is 23.8. The normalized spacial score (nSPS) is 11.7. The summed E-state index contributed by atoms with van der Waals surface area (Å²) in [6.07, 6.45) is 2.57. The molecule has 3 amide bonds. The van der Waals surface area contributed by atoms with Gasteiger partial charge in [-0.25, -0.2) is 0 Å². The van der Waals surface area contributed by atoms with Crippen molar-refractivity contribution in [1.82, 2.24) is 40.7 Å². The first-order valence-corrected chi connectivity index (χ1v) is 24.3. The Bertz CT molecular complexity index is 2900. The molecule has 0 aliphatic rings. The Morgan fingerprint density at radius 2 is 0.827 bits per heavy atom. The number of hydrogen-bond donors (Lipinski definition) is 10. The highest BCUT2D eigenvalue weighted by atomic mass is 16.5. The number of carbonyl (C=O) groups is 3. The molecule has 24 heteroatoms. The van der Waals surface area contributed by atoms with E-state index in [1.54, 1.807) is 51.7 Å². The number of aliphatic imine (C=N–C) groups is 3. The monoisotopic (exact) mass is 1040 g/mol. The summed E-state index contributed by atoms with van der Waals surface area (Å²) in [5.74, 6) is 2.95. The fraction of sp³-hybridized carbons (Fsp3) is 0.412. The van der Waals surface area contributed by atoms with Gasteiger partial charge in [0.2, 0.25) is 0 Å². The molecular formula is C51H75N15O9. The summed E-state index contributed by atoms with van der Waals surface area (Å²) in [6, 6.07) is 16.0. The summed E-state index contributed by atoms with van der Waals surface area (Å²) in [6.45, 7) is 10.5. The van der Waals surface area contributed by atoms with E-state index in [-0.39, 0.29) is 35.6 Å². The molecule has 0 radical (unpaired) electrons. The number of ether oxygens (including phenoxy) is 6. The van der Waals surface area contributed by atoms with E-state index in [0.29, 0.717) is 94.5 Å². The Hall–Kier alpha value is -8.22. The van der Waals surface area contributed by atoms with Crippen molar-refractivity contribution in [1.29, 1.82) is 0 Å². The van der Waals surface area contributed by atoms with Crippen LogP contribution in [-0.2, 0) is 0 Å². The van der Waals surface area contributed by atoms with E-state index in [1.807, 2.05) is 38.4 Å². The number of rotatable bonds is 22. The summed E-state index contributed by atoms with van der Waals surface area (Å²) in [5, 5.41) is 9.77. The summed E-state index contributed by atoms with van der Waals surface area (Å²) < 4.78 is 33.6. The third-order valence-corrected chi connectivity index (χ3v) is 11.4. The molecule has 24 nitrogen and oxygen atoms in total. The van der Waals surface area contributed by atoms with Gasteiger partial charge in [-0.3, -0.25) is 45.3 Å². The molecule has 0 saturated carbocycles. The molecule has 0 atom stereocenters. The third kappa shape index (κ3) is 16.9. The van der Waals surface area contributed by atoms with E-state index in [2.05, 4.69) is 69.5 Å². The van der Waals surface area contributed by atoms with E-state index in [0.717, 1.165) is 61.6 Å². The zero-order valence-corrected chi connectivity index (χ0v) is 44.7. The van der Waals surface area contributed by atoms with E-state index < -0.39 is 0 Å². The first-order chi connectivity index (χ1) is 36.1. The van der Waals surface area contributed by atoms with Crippen molar-refractivity contribution in [2.45, 2.75) is 33.1 Å². The number of nitrogens with one attached hydrogen (secondary N) is 6. The van der Waals surface area contributed by atoms with Gasteiger partial charge in [-0.1, -0.05) is 13.8 Å². The number of nitrogens with zero attached hydrogens (tertiary/aromatic N) is 5. The molecular weight excluding hydrogens is 967 g/mol. The number of aromatic amines is 3. The average Bonchev–Trinajstić information content (AvgIpc) is 4.19. The van der Waals surface area contributed by atoms with Gasteiger partial charge in [0, 0.05) is 50.4 Å². The zero-order chi connectivity index (χ0) is 55.0. The molecule has 0 aliphatic carbocycles. The van der Waals surface area contributed by atoms with Crippen LogP contribution in [0.25, 0.3) is 32.7 Å². The summed E-state index contributed by atoms with van der Waals surface area (Å²) in [4.78, 5) is 61.5. The van der Waals surface area contributed by atoms with Crippen molar-refractivity contribution in [3.63, 3.8) is 0 Å². The lowest BCUT2D eigenvalue weighted by atomic mass is 10.2. The molecule has 0 spiro atoms. The highest BCUT2D eigenvalue weighted by molar-refractivity contribution is 6.09. The summed E-state index contributed by atoms with van der Waals surface area (Å²) in [5.41, 5.74) is 25.2. The second-order valence-electron chi connectivity index (χ2n) is 16.6. The van der Waals surface area contributed by atoms with E-state index >= 15 is 0 Å². The van der Waals surface area contributed by atoms with E-state index in [9.17, 15) is 14.4 Å². The number of aromatic nitrogens is 3. The number of nitrogens with two attached hydrogens (primary N) is 4. The molecule has 0 fully saturated rings. The molecule has 3 heterocycles. The lowest BCUT2D eigenvalue weighted by molar-refractivity contribution is 0.0964. The van der Waals surface area contributed by atoms with E-state index in [1.165, 1.54) is 21.1 Å². The molecule has 0 unspecified atom stereocenters.